The molecule has 0 bridgehead atoms. The highest BCUT2D eigenvalue weighted by molar-refractivity contribution is 7.90. The van der Waals surface area contributed by atoms with Crippen LogP contribution >= 0.6 is 0 Å². The Morgan fingerprint density at radius 2 is 1.71 bits per heavy atom. The van der Waals surface area contributed by atoms with Crippen LogP contribution in [-0.2, 0) is 26.3 Å². The van der Waals surface area contributed by atoms with Gasteiger partial charge >= 0.3 is 10.2 Å². The molecule has 1 N–H and O–H groups in total. The molecule has 0 saturated heterocycles. The molecule has 152 valence electrons. The lowest BCUT2D eigenvalue weighted by Crippen LogP contribution is -2.46. The third kappa shape index (κ3) is 6.01. The van der Waals surface area contributed by atoms with Crippen molar-refractivity contribution in [3.8, 4) is 0 Å². The molecule has 0 spiro atoms. The first kappa shape index (κ1) is 21.8. The summed E-state index contributed by atoms with van der Waals surface area (Å²) >= 11 is 0. The van der Waals surface area contributed by atoms with Crippen LogP contribution < -0.4 is 9.62 Å². The second-order valence-corrected chi connectivity index (χ2v) is 8.20. The van der Waals surface area contributed by atoms with E-state index in [-0.39, 0.29) is 18.8 Å². The topological polar surface area (TPSA) is 79.0 Å². The molecule has 0 radical (unpaired) electrons. The number of ether oxygens (including phenoxy) is 1. The van der Waals surface area contributed by atoms with E-state index < -0.39 is 28.5 Å². The number of carbonyl (C=O) groups is 1. The smallest absolute Gasteiger partial charge is 0.304 e. The van der Waals surface area contributed by atoms with Crippen molar-refractivity contribution < 1.29 is 22.3 Å². The molecule has 0 aliphatic carbocycles. The molecule has 0 aliphatic heterocycles. The fourth-order valence-corrected chi connectivity index (χ4v) is 3.43. The van der Waals surface area contributed by atoms with Gasteiger partial charge in [-0.2, -0.15) is 12.7 Å². The molecule has 2 aromatic carbocycles. The lowest BCUT2D eigenvalue weighted by Gasteiger charge is -2.27. The van der Waals surface area contributed by atoms with Crippen molar-refractivity contribution in [2.45, 2.75) is 6.61 Å². The number of hydrogen-bond acceptors (Lipinski definition) is 4. The number of carbonyl (C=O) groups excluding carboxylic acids is 1. The van der Waals surface area contributed by atoms with Crippen molar-refractivity contribution in [2.24, 2.45) is 0 Å². The molecule has 0 heterocycles. The summed E-state index contributed by atoms with van der Waals surface area (Å²) in [7, 11) is -1.41. The van der Waals surface area contributed by atoms with E-state index in [0.717, 1.165) is 20.2 Å². The van der Waals surface area contributed by atoms with E-state index in [1.54, 1.807) is 0 Å². The maximum atomic E-state index is 14.1. The molecule has 2 aromatic rings. The van der Waals surface area contributed by atoms with Crippen LogP contribution in [0.5, 0.6) is 0 Å². The summed E-state index contributed by atoms with van der Waals surface area (Å²) in [6.07, 6.45) is 0. The van der Waals surface area contributed by atoms with Gasteiger partial charge in [0.2, 0.25) is 5.91 Å². The van der Waals surface area contributed by atoms with Crippen molar-refractivity contribution in [1.29, 1.82) is 0 Å². The van der Waals surface area contributed by atoms with Crippen LogP contribution in [0, 0.1) is 5.82 Å². The average Bonchev–Trinajstić information content (AvgIpc) is 2.67. The van der Waals surface area contributed by atoms with Crippen LogP contribution in [-0.4, -0.2) is 52.4 Å². The molecule has 1 amide bonds. The Kier molecular flexibility index (Phi) is 7.91. The summed E-state index contributed by atoms with van der Waals surface area (Å²) in [6, 6.07) is 15.0. The number of amides is 1. The zero-order valence-electron chi connectivity index (χ0n) is 15.8. The second-order valence-electron chi connectivity index (χ2n) is 6.14. The van der Waals surface area contributed by atoms with E-state index in [1.807, 2.05) is 30.3 Å². The number of nitrogens with zero attached hydrogens (tertiary/aromatic N) is 2. The van der Waals surface area contributed by atoms with Gasteiger partial charge in [0.15, 0.2) is 0 Å². The maximum absolute atomic E-state index is 14.1. The minimum atomic E-state index is -4.05. The van der Waals surface area contributed by atoms with Crippen LogP contribution in [0.2, 0.25) is 0 Å². The Morgan fingerprint density at radius 3 is 2.36 bits per heavy atom. The molecule has 0 fully saturated rings. The van der Waals surface area contributed by atoms with Gasteiger partial charge in [-0.25, -0.2) is 8.70 Å². The quantitative estimate of drug-likeness (QED) is 0.607. The van der Waals surface area contributed by atoms with Crippen molar-refractivity contribution in [1.82, 2.24) is 9.62 Å². The molecule has 0 saturated carbocycles. The number of nitrogens with one attached hydrogen (secondary N) is 1. The molecule has 9 heteroatoms. The molecule has 0 atom stereocenters. The Bertz CT molecular complexity index is 876. The van der Waals surface area contributed by atoms with Crippen molar-refractivity contribution in [3.05, 3.63) is 66.0 Å². The number of benzene rings is 2. The molecular formula is C19H24FN3O4S. The van der Waals surface area contributed by atoms with Crippen LogP contribution in [0.15, 0.2) is 54.6 Å². The van der Waals surface area contributed by atoms with E-state index in [0.29, 0.717) is 6.61 Å². The van der Waals surface area contributed by atoms with Crippen molar-refractivity contribution >= 4 is 21.8 Å². The molecule has 2 rings (SSSR count). The summed E-state index contributed by atoms with van der Waals surface area (Å²) in [5, 5.41) is 2.59. The zero-order chi connectivity index (χ0) is 20.6. The summed E-state index contributed by atoms with van der Waals surface area (Å²) < 4.78 is 46.3. The van der Waals surface area contributed by atoms with Crippen molar-refractivity contribution in [3.63, 3.8) is 0 Å². The van der Waals surface area contributed by atoms with Gasteiger partial charge in [0.05, 0.1) is 18.9 Å². The third-order valence-corrected chi connectivity index (χ3v) is 5.63. The monoisotopic (exact) mass is 409 g/mol. The van der Waals surface area contributed by atoms with Gasteiger partial charge in [-0.15, -0.1) is 0 Å². The van der Waals surface area contributed by atoms with Gasteiger partial charge in [-0.1, -0.05) is 42.5 Å². The van der Waals surface area contributed by atoms with E-state index in [4.69, 9.17) is 4.74 Å². The highest BCUT2D eigenvalue weighted by Gasteiger charge is 2.29. The first-order valence-corrected chi connectivity index (χ1v) is 10.0. The second kappa shape index (κ2) is 10.2. The standard InChI is InChI=1S/C19H24FN3O4S/c1-22(2)28(25,26)23(18-11-7-6-10-17(18)20)14-19(24)21-12-13-27-15-16-8-4-3-5-9-16/h3-11H,12-15H2,1-2H3,(H,21,24). The minimum absolute atomic E-state index is 0.188. The summed E-state index contributed by atoms with van der Waals surface area (Å²) in [5.74, 6) is -1.29. The van der Waals surface area contributed by atoms with Crippen molar-refractivity contribution in [2.75, 3.05) is 38.1 Å². The SMILES string of the molecule is CN(C)S(=O)(=O)N(CC(=O)NCCOCc1ccccc1)c1ccccc1F. The zero-order valence-corrected chi connectivity index (χ0v) is 16.7. The number of rotatable bonds is 10. The van der Waals surface area contributed by atoms with Gasteiger partial charge < -0.3 is 10.1 Å². The summed E-state index contributed by atoms with van der Waals surface area (Å²) in [5.41, 5.74) is 0.823. The summed E-state index contributed by atoms with van der Waals surface area (Å²) in [4.78, 5) is 12.2. The Labute approximate surface area is 164 Å². The first-order valence-electron chi connectivity index (χ1n) is 8.65. The summed E-state index contributed by atoms with van der Waals surface area (Å²) in [6.45, 7) is 0.340. The Balaban J connectivity index is 1.93. The van der Waals surface area contributed by atoms with E-state index in [9.17, 15) is 17.6 Å². The van der Waals surface area contributed by atoms with Gasteiger partial charge in [-0.3, -0.25) is 4.79 Å². The van der Waals surface area contributed by atoms with Gasteiger partial charge in [0, 0.05) is 20.6 Å². The minimum Gasteiger partial charge on any atom is -0.375 e. The lowest BCUT2D eigenvalue weighted by atomic mass is 10.2. The van der Waals surface area contributed by atoms with E-state index in [2.05, 4.69) is 5.32 Å². The van der Waals surface area contributed by atoms with Crippen LogP contribution in [0.3, 0.4) is 0 Å². The predicted octanol–water partition coefficient (Wildman–Crippen LogP) is 1.77. The average molecular weight is 409 g/mol. The van der Waals surface area contributed by atoms with Crippen LogP contribution in [0.25, 0.3) is 0 Å². The number of para-hydroxylation sites is 1. The number of hydrogen-bond donors (Lipinski definition) is 1. The van der Waals surface area contributed by atoms with E-state index >= 15 is 0 Å². The highest BCUT2D eigenvalue weighted by Crippen LogP contribution is 2.22. The maximum Gasteiger partial charge on any atom is 0.304 e. The first-order chi connectivity index (χ1) is 13.3. The van der Waals surface area contributed by atoms with Gasteiger partial charge in [0.1, 0.15) is 12.4 Å². The third-order valence-electron chi connectivity index (χ3n) is 3.83. The van der Waals surface area contributed by atoms with Gasteiger partial charge in [0.25, 0.3) is 0 Å². The van der Waals surface area contributed by atoms with Crippen LogP contribution in [0.4, 0.5) is 10.1 Å². The fourth-order valence-electron chi connectivity index (χ4n) is 2.36. The fraction of sp³-hybridized carbons (Fsp3) is 0.316. The predicted molar refractivity (Wildman–Crippen MR) is 105 cm³/mol. The molecule has 0 aliphatic rings. The Morgan fingerprint density at radius 1 is 1.07 bits per heavy atom. The molecule has 7 nitrogen and oxygen atoms in total. The molecular weight excluding hydrogens is 385 g/mol. The number of anilines is 1. The molecule has 28 heavy (non-hydrogen) atoms. The molecule has 0 aromatic heterocycles. The number of halogens is 1. The van der Waals surface area contributed by atoms with E-state index in [1.165, 1.54) is 32.3 Å². The Hall–Kier alpha value is -2.49. The normalized spacial score (nSPS) is 11.4. The molecule has 0 unspecified atom stereocenters. The largest absolute Gasteiger partial charge is 0.375 e. The van der Waals surface area contributed by atoms with Crippen LogP contribution in [0.1, 0.15) is 5.56 Å². The lowest BCUT2D eigenvalue weighted by molar-refractivity contribution is -0.119. The highest BCUT2D eigenvalue weighted by atomic mass is 32.2. The van der Waals surface area contributed by atoms with Gasteiger partial charge in [-0.05, 0) is 17.7 Å².